The van der Waals surface area contributed by atoms with Gasteiger partial charge in [-0.05, 0) is 68.7 Å². The Morgan fingerprint density at radius 3 is 2.35 bits per heavy atom. The van der Waals surface area contributed by atoms with Crippen LogP contribution in [0.25, 0.3) is 0 Å². The smallest absolute Gasteiger partial charge is 0.0351 e. The molecule has 0 saturated carbocycles. The monoisotopic (exact) mass is 272 g/mol. The zero-order valence-electron chi connectivity index (χ0n) is 12.9. The van der Waals surface area contributed by atoms with Crippen molar-refractivity contribution in [3.8, 4) is 0 Å². The van der Waals surface area contributed by atoms with E-state index in [-0.39, 0.29) is 0 Å². The second-order valence-electron chi connectivity index (χ2n) is 6.86. The van der Waals surface area contributed by atoms with Gasteiger partial charge in [0.1, 0.15) is 0 Å². The van der Waals surface area contributed by atoms with Crippen molar-refractivity contribution in [3.63, 3.8) is 0 Å². The van der Waals surface area contributed by atoms with Crippen LogP contribution in [0.4, 0.5) is 0 Å². The predicted octanol–water partition coefficient (Wildman–Crippen LogP) is 3.68. The van der Waals surface area contributed by atoms with E-state index in [9.17, 15) is 0 Å². The highest BCUT2D eigenvalue weighted by atomic mass is 15.2. The Kier molecular flexibility index (Phi) is 4.13. The molecule has 1 aliphatic carbocycles. The number of likely N-dealkylation sites (tertiary alicyclic amines) is 1. The minimum atomic E-state index is 0.357. The topological polar surface area (TPSA) is 29.3 Å². The van der Waals surface area contributed by atoms with Crippen molar-refractivity contribution >= 4 is 0 Å². The lowest BCUT2D eigenvalue weighted by molar-refractivity contribution is 0.111. The molecule has 110 valence electrons. The zero-order chi connectivity index (χ0) is 14.1. The van der Waals surface area contributed by atoms with E-state index in [2.05, 4.69) is 43.0 Å². The molecule has 2 N–H and O–H groups in total. The summed E-state index contributed by atoms with van der Waals surface area (Å²) in [5.41, 5.74) is 9.24. The van der Waals surface area contributed by atoms with Crippen LogP contribution in [0.5, 0.6) is 0 Å². The van der Waals surface area contributed by atoms with Gasteiger partial charge in [0.15, 0.2) is 0 Å². The number of nitrogens with zero attached hydrogens (tertiary/aromatic N) is 1. The Balaban J connectivity index is 1.74. The van der Waals surface area contributed by atoms with E-state index in [0.29, 0.717) is 12.1 Å². The number of fused-ring (bicyclic) bond motifs is 1. The van der Waals surface area contributed by atoms with Gasteiger partial charge in [-0.15, -0.1) is 0 Å². The molecule has 0 aromatic heterocycles. The van der Waals surface area contributed by atoms with Gasteiger partial charge in [-0.3, -0.25) is 4.90 Å². The highest BCUT2D eigenvalue weighted by molar-refractivity contribution is 5.35. The normalized spacial score (nSPS) is 29.9. The maximum absolute atomic E-state index is 6.07. The minimum absolute atomic E-state index is 0.357. The van der Waals surface area contributed by atoms with Crippen molar-refractivity contribution in [2.75, 3.05) is 13.1 Å². The highest BCUT2D eigenvalue weighted by Gasteiger charge is 2.31. The SMILES string of the molecule is CC1CCC(N2CCC(C(C)N)CC2)c2ccccc21. The third-order valence-corrected chi connectivity index (χ3v) is 5.52. The maximum Gasteiger partial charge on any atom is 0.0351 e. The van der Waals surface area contributed by atoms with Crippen molar-refractivity contribution in [2.24, 2.45) is 11.7 Å². The van der Waals surface area contributed by atoms with Crippen LogP contribution in [0.1, 0.15) is 62.6 Å². The molecule has 0 spiro atoms. The first-order valence-corrected chi connectivity index (χ1v) is 8.25. The summed E-state index contributed by atoms with van der Waals surface area (Å²) in [6.07, 6.45) is 5.19. The molecule has 1 heterocycles. The average molecular weight is 272 g/mol. The molecule has 0 bridgehead atoms. The molecule has 3 unspecified atom stereocenters. The standard InChI is InChI=1S/C18H28N2/c1-13-7-8-18(17-6-4-3-5-16(13)17)20-11-9-15(10-12-20)14(2)19/h3-6,13-15,18H,7-12,19H2,1-2H3. The van der Waals surface area contributed by atoms with E-state index in [0.717, 1.165) is 11.8 Å². The van der Waals surface area contributed by atoms with E-state index in [1.807, 2.05) is 0 Å². The summed E-state index contributed by atoms with van der Waals surface area (Å²) in [5.74, 6) is 1.45. The average Bonchev–Trinajstić information content (AvgIpc) is 2.48. The quantitative estimate of drug-likeness (QED) is 0.890. The van der Waals surface area contributed by atoms with Crippen LogP contribution >= 0.6 is 0 Å². The van der Waals surface area contributed by atoms with Crippen molar-refractivity contribution in [2.45, 2.75) is 57.5 Å². The van der Waals surface area contributed by atoms with Crippen molar-refractivity contribution < 1.29 is 0 Å². The van der Waals surface area contributed by atoms with Gasteiger partial charge in [0.2, 0.25) is 0 Å². The Morgan fingerprint density at radius 2 is 1.70 bits per heavy atom. The molecule has 2 heteroatoms. The Hall–Kier alpha value is -0.860. The number of hydrogen-bond donors (Lipinski definition) is 1. The summed E-state index contributed by atoms with van der Waals surface area (Å²) in [5, 5.41) is 0. The first-order valence-electron chi connectivity index (χ1n) is 8.25. The molecule has 2 nitrogen and oxygen atoms in total. The number of rotatable bonds is 2. The van der Waals surface area contributed by atoms with E-state index in [1.165, 1.54) is 38.8 Å². The third-order valence-electron chi connectivity index (χ3n) is 5.52. The molecule has 1 fully saturated rings. The fraction of sp³-hybridized carbons (Fsp3) is 0.667. The van der Waals surface area contributed by atoms with Crippen molar-refractivity contribution in [3.05, 3.63) is 35.4 Å². The summed E-state index contributed by atoms with van der Waals surface area (Å²) >= 11 is 0. The summed E-state index contributed by atoms with van der Waals surface area (Å²) in [6, 6.07) is 10.1. The molecular weight excluding hydrogens is 244 g/mol. The molecule has 0 amide bonds. The molecule has 1 aromatic carbocycles. The number of piperidine rings is 1. The summed E-state index contributed by atoms with van der Waals surface area (Å²) in [7, 11) is 0. The van der Waals surface area contributed by atoms with Crippen molar-refractivity contribution in [1.82, 2.24) is 4.90 Å². The first-order chi connectivity index (χ1) is 9.66. The van der Waals surface area contributed by atoms with Gasteiger partial charge in [0.05, 0.1) is 0 Å². The maximum atomic E-state index is 6.07. The third kappa shape index (κ3) is 2.64. The Morgan fingerprint density at radius 1 is 1.05 bits per heavy atom. The minimum Gasteiger partial charge on any atom is -0.328 e. The second kappa shape index (κ2) is 5.87. The fourth-order valence-electron chi connectivity index (χ4n) is 4.12. The molecule has 20 heavy (non-hydrogen) atoms. The van der Waals surface area contributed by atoms with Crippen LogP contribution in [0.2, 0.25) is 0 Å². The van der Waals surface area contributed by atoms with Crippen LogP contribution in [-0.4, -0.2) is 24.0 Å². The van der Waals surface area contributed by atoms with Crippen molar-refractivity contribution in [1.29, 1.82) is 0 Å². The summed E-state index contributed by atoms with van der Waals surface area (Å²) < 4.78 is 0. The lowest BCUT2D eigenvalue weighted by Gasteiger charge is -2.42. The molecule has 1 saturated heterocycles. The van der Waals surface area contributed by atoms with E-state index in [1.54, 1.807) is 11.1 Å². The van der Waals surface area contributed by atoms with Crippen LogP contribution in [0.15, 0.2) is 24.3 Å². The first kappa shape index (κ1) is 14.1. The summed E-state index contributed by atoms with van der Waals surface area (Å²) in [6.45, 7) is 6.98. The number of nitrogens with two attached hydrogens (primary N) is 1. The lowest BCUT2D eigenvalue weighted by Crippen LogP contribution is -2.42. The van der Waals surface area contributed by atoms with Crippen LogP contribution < -0.4 is 5.73 Å². The molecule has 2 aliphatic rings. The van der Waals surface area contributed by atoms with Crippen LogP contribution in [0, 0.1) is 5.92 Å². The Labute approximate surface area is 123 Å². The van der Waals surface area contributed by atoms with E-state index < -0.39 is 0 Å². The van der Waals surface area contributed by atoms with Gasteiger partial charge in [0, 0.05) is 12.1 Å². The molecule has 3 atom stereocenters. The second-order valence-corrected chi connectivity index (χ2v) is 6.86. The van der Waals surface area contributed by atoms with Gasteiger partial charge in [0.25, 0.3) is 0 Å². The fourth-order valence-corrected chi connectivity index (χ4v) is 4.12. The van der Waals surface area contributed by atoms with E-state index >= 15 is 0 Å². The van der Waals surface area contributed by atoms with Gasteiger partial charge in [-0.25, -0.2) is 0 Å². The predicted molar refractivity (Wildman–Crippen MR) is 84.8 cm³/mol. The zero-order valence-corrected chi connectivity index (χ0v) is 12.9. The van der Waals surface area contributed by atoms with Gasteiger partial charge in [-0.2, -0.15) is 0 Å². The van der Waals surface area contributed by atoms with Crippen LogP contribution in [-0.2, 0) is 0 Å². The van der Waals surface area contributed by atoms with Gasteiger partial charge < -0.3 is 5.73 Å². The largest absolute Gasteiger partial charge is 0.328 e. The van der Waals surface area contributed by atoms with Crippen LogP contribution in [0.3, 0.4) is 0 Å². The van der Waals surface area contributed by atoms with Gasteiger partial charge >= 0.3 is 0 Å². The Bertz CT molecular complexity index is 446. The molecule has 3 rings (SSSR count). The molecule has 0 radical (unpaired) electrons. The lowest BCUT2D eigenvalue weighted by atomic mass is 9.79. The molecular formula is C18H28N2. The summed E-state index contributed by atoms with van der Waals surface area (Å²) in [4.78, 5) is 2.71. The number of benzene rings is 1. The van der Waals surface area contributed by atoms with E-state index in [4.69, 9.17) is 5.73 Å². The van der Waals surface area contributed by atoms with Gasteiger partial charge in [-0.1, -0.05) is 31.2 Å². The molecule has 1 aromatic rings. The highest BCUT2D eigenvalue weighted by Crippen LogP contribution is 2.41. The number of hydrogen-bond acceptors (Lipinski definition) is 2. The molecule has 1 aliphatic heterocycles.